The van der Waals surface area contributed by atoms with E-state index < -0.39 is 0 Å². The number of nitrogens with zero attached hydrogens (tertiary/aromatic N) is 1. The van der Waals surface area contributed by atoms with Crippen molar-refractivity contribution in [1.82, 2.24) is 4.98 Å². The smallest absolute Gasteiger partial charge is 0.114 e. The van der Waals surface area contributed by atoms with E-state index in [4.69, 9.17) is 19.4 Å². The highest BCUT2D eigenvalue weighted by molar-refractivity contribution is 9.10. The number of pyridine rings is 1. The summed E-state index contributed by atoms with van der Waals surface area (Å²) in [4.78, 5) is 4.51. The van der Waals surface area contributed by atoms with Gasteiger partial charge in [0.2, 0.25) is 0 Å². The third-order valence-electron chi connectivity index (χ3n) is 3.38. The second-order valence-corrected chi connectivity index (χ2v) is 5.92. The molecule has 0 unspecified atom stereocenters. The molecule has 1 aromatic carbocycles. The molecule has 4 heteroatoms. The van der Waals surface area contributed by atoms with Gasteiger partial charge < -0.3 is 0 Å². The van der Waals surface area contributed by atoms with Crippen LogP contribution in [0.1, 0.15) is 22.4 Å². The van der Waals surface area contributed by atoms with Gasteiger partial charge in [0.05, 0.1) is 0 Å². The normalized spacial score (nSPS) is 13.7. The molecule has 0 N–H and O–H groups in total. The molecule has 0 atom stereocenters. The van der Waals surface area contributed by atoms with Crippen LogP contribution in [0.5, 0.6) is 0 Å². The van der Waals surface area contributed by atoms with E-state index in [2.05, 4.69) is 27.0 Å². The lowest BCUT2D eigenvalue weighted by Crippen LogP contribution is -2.13. The largest absolute Gasteiger partial charge is 0.259 e. The quantitative estimate of drug-likeness (QED) is 0.681. The summed E-state index contributed by atoms with van der Waals surface area (Å²) >= 11 is 9.54. The zero-order valence-corrected chi connectivity index (χ0v) is 12.1. The fraction of sp³-hybridized carbons (Fsp3) is 0.214. The average molecular weight is 318 g/mol. The Hall–Kier alpha value is -0.795. The molecule has 18 heavy (non-hydrogen) atoms. The van der Waals surface area contributed by atoms with Crippen molar-refractivity contribution in [2.75, 3.05) is 0 Å². The molecule has 0 spiro atoms. The van der Waals surface area contributed by atoms with E-state index in [-0.39, 0.29) is 0 Å². The monoisotopic (exact) mass is 317 g/mol. The van der Waals surface area contributed by atoms with Crippen LogP contribution in [0.25, 0.3) is 0 Å². The Balaban J connectivity index is 2.12. The summed E-state index contributed by atoms with van der Waals surface area (Å²) in [5.74, 6) is 0. The van der Waals surface area contributed by atoms with Gasteiger partial charge in [0.1, 0.15) is 7.85 Å². The van der Waals surface area contributed by atoms with Gasteiger partial charge in [-0.1, -0.05) is 23.1 Å². The van der Waals surface area contributed by atoms with Crippen LogP contribution in [-0.2, 0) is 19.3 Å². The van der Waals surface area contributed by atoms with Gasteiger partial charge in [-0.05, 0) is 57.6 Å². The van der Waals surface area contributed by atoms with E-state index in [0.717, 1.165) is 34.9 Å². The van der Waals surface area contributed by atoms with Crippen LogP contribution < -0.4 is 5.46 Å². The van der Waals surface area contributed by atoms with Crippen molar-refractivity contribution in [2.45, 2.75) is 19.3 Å². The van der Waals surface area contributed by atoms with Crippen molar-refractivity contribution in [3.8, 4) is 0 Å². The molecule has 2 aromatic rings. The second-order valence-electron chi connectivity index (χ2n) is 4.57. The predicted octanol–water partition coefficient (Wildman–Crippen LogP) is 2.98. The number of hydrogen-bond acceptors (Lipinski definition) is 1. The Bertz CT molecular complexity index is 627. The summed E-state index contributed by atoms with van der Waals surface area (Å²) in [6, 6.07) is 5.99. The molecule has 2 radical (unpaired) electrons. The lowest BCUT2D eigenvalue weighted by Gasteiger charge is -2.10. The second kappa shape index (κ2) is 4.71. The zero-order valence-electron chi connectivity index (χ0n) is 9.71. The minimum atomic E-state index is 0.714. The van der Waals surface area contributed by atoms with E-state index >= 15 is 0 Å². The van der Waals surface area contributed by atoms with E-state index in [0.29, 0.717) is 5.02 Å². The van der Waals surface area contributed by atoms with Crippen molar-refractivity contribution in [1.29, 1.82) is 0 Å². The molecular formula is C14H10BBrClN. The number of hydrogen-bond donors (Lipinski definition) is 0. The van der Waals surface area contributed by atoms with E-state index in [1.807, 2.05) is 18.3 Å². The van der Waals surface area contributed by atoms with Crippen LogP contribution in [0.2, 0.25) is 5.02 Å². The maximum absolute atomic E-state index is 6.08. The van der Waals surface area contributed by atoms with Crippen molar-refractivity contribution in [2.24, 2.45) is 0 Å². The SMILES string of the molecule is [B]c1cc(Cl)cc2c1Cc1ncc(Br)cc1CC2. The van der Waals surface area contributed by atoms with Crippen molar-refractivity contribution in [3.05, 3.63) is 56.3 Å². The number of aryl methyl sites for hydroxylation is 2. The molecule has 0 saturated carbocycles. The molecule has 0 saturated heterocycles. The molecule has 1 aliphatic rings. The highest BCUT2D eigenvalue weighted by Gasteiger charge is 2.16. The minimum absolute atomic E-state index is 0.714. The highest BCUT2D eigenvalue weighted by atomic mass is 79.9. The standard InChI is InChI=1S/C14H10BBrClN/c15-13-5-11(17)4-8-1-2-9-3-10(16)7-18-14(9)6-12(8)13/h3-5,7H,1-2,6H2. The molecule has 3 rings (SSSR count). The van der Waals surface area contributed by atoms with Crippen LogP contribution in [0.15, 0.2) is 28.9 Å². The Morgan fingerprint density at radius 2 is 1.94 bits per heavy atom. The highest BCUT2D eigenvalue weighted by Crippen LogP contribution is 2.25. The number of halogens is 2. The molecule has 1 aliphatic carbocycles. The molecule has 0 bridgehead atoms. The van der Waals surface area contributed by atoms with Gasteiger partial charge in [0.25, 0.3) is 0 Å². The number of benzene rings is 1. The van der Waals surface area contributed by atoms with E-state index in [9.17, 15) is 0 Å². The Morgan fingerprint density at radius 1 is 1.17 bits per heavy atom. The first-order valence-electron chi connectivity index (χ1n) is 5.83. The van der Waals surface area contributed by atoms with Gasteiger partial charge in [-0.2, -0.15) is 0 Å². The Kier molecular flexibility index (Phi) is 3.20. The third-order valence-corrected chi connectivity index (χ3v) is 4.03. The van der Waals surface area contributed by atoms with Gasteiger partial charge in [0, 0.05) is 27.8 Å². The molecule has 1 heterocycles. The van der Waals surface area contributed by atoms with Crippen LogP contribution in [0.3, 0.4) is 0 Å². The Labute approximate surface area is 121 Å². The molecule has 1 nitrogen and oxygen atoms in total. The molecule has 0 fully saturated rings. The van der Waals surface area contributed by atoms with Crippen LogP contribution >= 0.6 is 27.5 Å². The van der Waals surface area contributed by atoms with Crippen molar-refractivity contribution < 1.29 is 0 Å². The first-order chi connectivity index (χ1) is 8.63. The molecule has 1 aromatic heterocycles. The molecule has 0 aliphatic heterocycles. The van der Waals surface area contributed by atoms with Crippen LogP contribution in [-0.4, -0.2) is 12.8 Å². The summed E-state index contributed by atoms with van der Waals surface area (Å²) in [5, 5.41) is 0.714. The predicted molar refractivity (Wildman–Crippen MR) is 79.0 cm³/mol. The first-order valence-corrected chi connectivity index (χ1v) is 7.00. The van der Waals surface area contributed by atoms with Gasteiger partial charge in [0.15, 0.2) is 0 Å². The molecule has 0 amide bonds. The fourth-order valence-corrected chi connectivity index (χ4v) is 3.10. The van der Waals surface area contributed by atoms with Gasteiger partial charge in [-0.15, -0.1) is 0 Å². The van der Waals surface area contributed by atoms with Gasteiger partial charge >= 0.3 is 0 Å². The van der Waals surface area contributed by atoms with Gasteiger partial charge in [-0.25, -0.2) is 0 Å². The van der Waals surface area contributed by atoms with E-state index in [1.165, 1.54) is 16.7 Å². The molecular weight excluding hydrogens is 308 g/mol. The average Bonchev–Trinajstić information content (AvgIpc) is 2.49. The summed E-state index contributed by atoms with van der Waals surface area (Å²) in [5.41, 5.74) is 5.60. The fourth-order valence-electron chi connectivity index (χ4n) is 2.48. The van der Waals surface area contributed by atoms with Crippen LogP contribution in [0.4, 0.5) is 0 Å². The third kappa shape index (κ3) is 2.22. The van der Waals surface area contributed by atoms with Crippen molar-refractivity contribution >= 4 is 40.8 Å². The van der Waals surface area contributed by atoms with E-state index in [1.54, 1.807) is 0 Å². The summed E-state index contributed by atoms with van der Waals surface area (Å²) < 4.78 is 1.03. The number of aromatic nitrogens is 1. The maximum atomic E-state index is 6.08. The lowest BCUT2D eigenvalue weighted by molar-refractivity contribution is 0.950. The van der Waals surface area contributed by atoms with Crippen LogP contribution in [0, 0.1) is 0 Å². The first kappa shape index (κ1) is 12.2. The summed E-state index contributed by atoms with van der Waals surface area (Å²) in [6.45, 7) is 0. The topological polar surface area (TPSA) is 12.9 Å². The minimum Gasteiger partial charge on any atom is -0.259 e. The molecule has 88 valence electrons. The lowest BCUT2D eigenvalue weighted by atomic mass is 9.85. The summed E-state index contributed by atoms with van der Waals surface area (Å²) in [6.07, 6.45) is 4.58. The zero-order chi connectivity index (χ0) is 12.7. The summed E-state index contributed by atoms with van der Waals surface area (Å²) in [7, 11) is 6.08. The maximum Gasteiger partial charge on any atom is 0.114 e. The van der Waals surface area contributed by atoms with Gasteiger partial charge in [-0.3, -0.25) is 4.98 Å². The number of fused-ring (bicyclic) bond motifs is 2. The Morgan fingerprint density at radius 3 is 2.78 bits per heavy atom. The van der Waals surface area contributed by atoms with Crippen molar-refractivity contribution in [3.63, 3.8) is 0 Å². The number of rotatable bonds is 0.